The lowest BCUT2D eigenvalue weighted by atomic mass is 10.3. The van der Waals surface area contributed by atoms with Gasteiger partial charge in [0.25, 0.3) is 11.8 Å². The fourth-order valence-electron chi connectivity index (χ4n) is 2.52. The number of nitrogens with two attached hydrogens (primary N) is 1. The van der Waals surface area contributed by atoms with Crippen LogP contribution in [0.3, 0.4) is 0 Å². The molecule has 0 bridgehead atoms. The fraction of sp³-hybridized carbons (Fsp3) is 0.450. The minimum Gasteiger partial charge on any atom is -0.493 e. The van der Waals surface area contributed by atoms with Crippen LogP contribution in [0.4, 0.5) is 4.79 Å². The van der Waals surface area contributed by atoms with Gasteiger partial charge in [-0.1, -0.05) is 13.8 Å². The molecule has 2 amide bonds. The summed E-state index contributed by atoms with van der Waals surface area (Å²) in [6.45, 7) is 6.70. The number of carbonyl (C=O) groups excluding carboxylic acids is 1. The molecule has 3 aromatic rings. The number of urea groups is 1. The Balaban J connectivity index is 0.00000117. The molecule has 9 heteroatoms. The summed E-state index contributed by atoms with van der Waals surface area (Å²) in [6.07, 6.45) is 2.48. The summed E-state index contributed by atoms with van der Waals surface area (Å²) < 4.78 is 22.2. The monoisotopic (exact) mass is 402 g/mol. The van der Waals surface area contributed by atoms with Crippen LogP contribution in [0.1, 0.15) is 33.6 Å². The van der Waals surface area contributed by atoms with Gasteiger partial charge in [-0.2, -0.15) is 0 Å². The second-order valence-corrected chi connectivity index (χ2v) is 6.65. The molecule has 4 rings (SSSR count). The van der Waals surface area contributed by atoms with E-state index in [4.69, 9.17) is 24.1 Å². The molecule has 2 aromatic heterocycles. The summed E-state index contributed by atoms with van der Waals surface area (Å²) in [5.41, 5.74) is 6.36. The first kappa shape index (κ1) is 20.5. The van der Waals surface area contributed by atoms with Gasteiger partial charge in [0.15, 0.2) is 5.58 Å². The zero-order chi connectivity index (χ0) is 20.8. The third-order valence-corrected chi connectivity index (χ3v) is 4.11. The van der Waals surface area contributed by atoms with Crippen molar-refractivity contribution in [1.82, 2.24) is 15.5 Å². The molecular formula is C20H26N4O5. The maximum Gasteiger partial charge on any atom is 0.312 e. The summed E-state index contributed by atoms with van der Waals surface area (Å²) in [5, 5.41) is 6.33. The maximum absolute atomic E-state index is 10.8. The number of rotatable bonds is 8. The highest BCUT2D eigenvalue weighted by molar-refractivity contribution is 5.77. The van der Waals surface area contributed by atoms with Crippen LogP contribution < -0.4 is 20.5 Å². The lowest BCUT2D eigenvalue weighted by molar-refractivity contribution is 0.227. The second-order valence-electron chi connectivity index (χ2n) is 6.65. The van der Waals surface area contributed by atoms with Crippen LogP contribution in [0, 0.1) is 5.92 Å². The molecule has 29 heavy (non-hydrogen) atoms. The summed E-state index contributed by atoms with van der Waals surface area (Å²) in [5.74, 6) is 2.36. The number of nitrogens with zero attached hydrogens (tertiary/aromatic N) is 2. The highest BCUT2D eigenvalue weighted by atomic mass is 16.5. The van der Waals surface area contributed by atoms with E-state index in [-0.39, 0.29) is 18.5 Å². The van der Waals surface area contributed by atoms with Crippen molar-refractivity contribution in [2.45, 2.75) is 39.7 Å². The second kappa shape index (κ2) is 9.31. The van der Waals surface area contributed by atoms with Crippen LogP contribution in [0.15, 0.2) is 33.2 Å². The number of primary amides is 1. The largest absolute Gasteiger partial charge is 0.493 e. The number of amides is 2. The number of benzene rings is 1. The van der Waals surface area contributed by atoms with Crippen molar-refractivity contribution < 1.29 is 23.2 Å². The lowest BCUT2D eigenvalue weighted by Gasteiger charge is -2.11. The Kier molecular flexibility index (Phi) is 6.58. The molecule has 1 atom stereocenters. The van der Waals surface area contributed by atoms with Crippen molar-refractivity contribution in [1.29, 1.82) is 0 Å². The van der Waals surface area contributed by atoms with E-state index in [1.54, 1.807) is 13.0 Å². The predicted octanol–water partition coefficient (Wildman–Crippen LogP) is 3.73. The molecule has 9 nitrogen and oxygen atoms in total. The number of carbonyl (C=O) groups is 1. The molecule has 0 aliphatic heterocycles. The molecule has 1 fully saturated rings. The van der Waals surface area contributed by atoms with Crippen molar-refractivity contribution >= 4 is 17.1 Å². The number of oxazole rings is 1. The van der Waals surface area contributed by atoms with E-state index >= 15 is 0 Å². The summed E-state index contributed by atoms with van der Waals surface area (Å²) in [6, 6.07) is 6.22. The molecule has 0 saturated heterocycles. The Bertz CT molecular complexity index is 947. The maximum atomic E-state index is 10.8. The van der Waals surface area contributed by atoms with Gasteiger partial charge in [-0.05, 0) is 43.0 Å². The van der Waals surface area contributed by atoms with Gasteiger partial charge in [0.1, 0.15) is 17.9 Å². The van der Waals surface area contributed by atoms with Gasteiger partial charge >= 0.3 is 6.03 Å². The molecule has 1 aliphatic rings. The van der Waals surface area contributed by atoms with E-state index in [1.807, 2.05) is 32.0 Å². The minimum atomic E-state index is -0.612. The van der Waals surface area contributed by atoms with Crippen LogP contribution >= 0.6 is 0 Å². The average Bonchev–Trinajstić information content (AvgIpc) is 3.25. The fourth-order valence-corrected chi connectivity index (χ4v) is 2.52. The lowest BCUT2D eigenvalue weighted by Crippen LogP contribution is -2.40. The van der Waals surface area contributed by atoms with E-state index in [9.17, 15) is 4.79 Å². The topological polar surface area (TPSA) is 126 Å². The highest BCUT2D eigenvalue weighted by Gasteiger charge is 2.22. The standard InChI is InChI=1S/C18H20N4O5.C2H6/c1-10(20-18(19)23)8-25-16-7-15(27-22-16)17-21-13-6-12(4-5-14(13)26-17)24-9-11-2-3-11;1-2/h4-7,10-11H,2-3,8-9H2,1H3,(H3,19,20,23);1-2H3/t10-;/m0./s1. The summed E-state index contributed by atoms with van der Waals surface area (Å²) in [7, 11) is 0. The van der Waals surface area contributed by atoms with Gasteiger partial charge in [0.2, 0.25) is 5.76 Å². The third-order valence-electron chi connectivity index (χ3n) is 4.11. The first-order valence-electron chi connectivity index (χ1n) is 9.76. The summed E-state index contributed by atoms with van der Waals surface area (Å²) in [4.78, 5) is 15.2. The number of hydrogen-bond acceptors (Lipinski definition) is 7. The van der Waals surface area contributed by atoms with E-state index in [2.05, 4.69) is 15.5 Å². The Hall–Kier alpha value is -3.23. The zero-order valence-electron chi connectivity index (χ0n) is 16.8. The Morgan fingerprint density at radius 3 is 2.83 bits per heavy atom. The molecule has 3 N–H and O–H groups in total. The molecule has 2 heterocycles. The molecule has 1 aliphatic carbocycles. The van der Waals surface area contributed by atoms with Crippen LogP contribution in [0.25, 0.3) is 22.8 Å². The van der Waals surface area contributed by atoms with E-state index < -0.39 is 6.03 Å². The number of ether oxygens (including phenoxy) is 2. The van der Waals surface area contributed by atoms with Gasteiger partial charge in [-0.15, -0.1) is 0 Å². The average molecular weight is 402 g/mol. The van der Waals surface area contributed by atoms with Crippen LogP contribution in [-0.4, -0.2) is 35.4 Å². The number of nitrogens with one attached hydrogen (secondary N) is 1. The molecule has 0 radical (unpaired) electrons. The molecule has 156 valence electrons. The number of hydrogen-bond donors (Lipinski definition) is 2. The van der Waals surface area contributed by atoms with Gasteiger partial charge in [-0.3, -0.25) is 0 Å². The molecule has 1 aromatic carbocycles. The van der Waals surface area contributed by atoms with E-state index in [1.165, 1.54) is 12.8 Å². The Morgan fingerprint density at radius 2 is 2.10 bits per heavy atom. The van der Waals surface area contributed by atoms with E-state index in [0.29, 0.717) is 28.7 Å². The summed E-state index contributed by atoms with van der Waals surface area (Å²) >= 11 is 0. The van der Waals surface area contributed by atoms with Gasteiger partial charge in [0.05, 0.1) is 18.7 Å². The quantitative estimate of drug-likeness (QED) is 0.588. The van der Waals surface area contributed by atoms with E-state index in [0.717, 1.165) is 12.4 Å². The van der Waals surface area contributed by atoms with Crippen molar-refractivity contribution in [3.05, 3.63) is 24.3 Å². The van der Waals surface area contributed by atoms with Crippen LogP contribution in [0.5, 0.6) is 11.6 Å². The number of fused-ring (bicyclic) bond motifs is 1. The third kappa shape index (κ3) is 5.63. The number of aromatic nitrogens is 2. The Morgan fingerprint density at radius 1 is 1.31 bits per heavy atom. The van der Waals surface area contributed by atoms with Gasteiger partial charge in [0, 0.05) is 6.07 Å². The molecule has 1 saturated carbocycles. The van der Waals surface area contributed by atoms with Crippen molar-refractivity contribution in [3.8, 4) is 23.3 Å². The zero-order valence-corrected chi connectivity index (χ0v) is 16.8. The molecule has 0 spiro atoms. The van der Waals surface area contributed by atoms with Crippen molar-refractivity contribution in [2.75, 3.05) is 13.2 Å². The smallest absolute Gasteiger partial charge is 0.312 e. The first-order valence-corrected chi connectivity index (χ1v) is 9.76. The minimum absolute atomic E-state index is 0.199. The van der Waals surface area contributed by atoms with Crippen LogP contribution in [0.2, 0.25) is 0 Å². The molecule has 0 unspecified atom stereocenters. The Labute approximate surface area is 168 Å². The predicted molar refractivity (Wildman–Crippen MR) is 107 cm³/mol. The van der Waals surface area contributed by atoms with Crippen molar-refractivity contribution in [2.24, 2.45) is 11.7 Å². The highest BCUT2D eigenvalue weighted by Crippen LogP contribution is 2.31. The van der Waals surface area contributed by atoms with Crippen molar-refractivity contribution in [3.63, 3.8) is 0 Å². The SMILES string of the molecule is CC.C[C@@H](COc1cc(-c2nc3cc(OCC4CC4)ccc3o2)on1)NC(N)=O. The first-order chi connectivity index (χ1) is 14.1. The normalized spacial score (nSPS) is 14.0. The van der Waals surface area contributed by atoms with Crippen LogP contribution in [-0.2, 0) is 0 Å². The molecular weight excluding hydrogens is 376 g/mol. The van der Waals surface area contributed by atoms with Gasteiger partial charge in [-0.25, -0.2) is 9.78 Å². The van der Waals surface area contributed by atoms with Gasteiger partial charge < -0.3 is 29.5 Å².